The van der Waals surface area contributed by atoms with Crippen molar-refractivity contribution >= 4 is 11.9 Å². The molecule has 0 amide bonds. The van der Waals surface area contributed by atoms with Gasteiger partial charge in [0, 0.05) is 13.1 Å². The number of rotatable bonds is 8. The second-order valence-electron chi connectivity index (χ2n) is 4.73. The van der Waals surface area contributed by atoms with Crippen LogP contribution in [0.1, 0.15) is 26.2 Å². The van der Waals surface area contributed by atoms with Crippen LogP contribution in [-0.4, -0.2) is 52.6 Å². The molecule has 1 aliphatic heterocycles. The lowest BCUT2D eigenvalue weighted by atomic mass is 10.4. The lowest BCUT2D eigenvalue weighted by molar-refractivity contribution is 0.292. The number of anilines is 2. The van der Waals surface area contributed by atoms with Crippen molar-refractivity contribution in [1.82, 2.24) is 19.9 Å². The van der Waals surface area contributed by atoms with Crippen LogP contribution in [0, 0.1) is 0 Å². The van der Waals surface area contributed by atoms with E-state index in [1.807, 2.05) is 6.92 Å². The van der Waals surface area contributed by atoms with Gasteiger partial charge in [-0.3, -0.25) is 5.43 Å². The van der Waals surface area contributed by atoms with E-state index in [9.17, 15) is 0 Å². The predicted octanol–water partition coefficient (Wildman–Crippen LogP) is 0.454. The largest absolute Gasteiger partial charge is 0.463 e. The summed E-state index contributed by atoms with van der Waals surface area (Å²) < 4.78 is 5.41. The fourth-order valence-corrected chi connectivity index (χ4v) is 2.09. The minimum Gasteiger partial charge on any atom is -0.463 e. The number of nitrogens with two attached hydrogens (primary N) is 1. The first-order valence-corrected chi connectivity index (χ1v) is 7.13. The molecule has 2 heterocycles. The minimum atomic E-state index is 0.290. The van der Waals surface area contributed by atoms with Crippen molar-refractivity contribution in [3.63, 3.8) is 0 Å². The Morgan fingerprint density at radius 2 is 1.95 bits per heavy atom. The van der Waals surface area contributed by atoms with Crippen molar-refractivity contribution in [1.29, 1.82) is 0 Å². The maximum absolute atomic E-state index is 5.41. The molecule has 0 saturated carbocycles. The molecule has 1 saturated heterocycles. The molecule has 0 bridgehead atoms. The first-order chi connectivity index (χ1) is 9.81. The summed E-state index contributed by atoms with van der Waals surface area (Å²) in [6.45, 7) is 6.74. The van der Waals surface area contributed by atoms with Gasteiger partial charge in [-0.25, -0.2) is 5.84 Å². The highest BCUT2D eigenvalue weighted by Gasteiger charge is 2.11. The molecular weight excluding hydrogens is 258 g/mol. The molecule has 1 fully saturated rings. The van der Waals surface area contributed by atoms with Crippen LogP contribution in [0.2, 0.25) is 0 Å². The lowest BCUT2D eigenvalue weighted by Gasteiger charge is -2.15. The zero-order chi connectivity index (χ0) is 14.2. The van der Waals surface area contributed by atoms with Gasteiger partial charge in [-0.2, -0.15) is 15.0 Å². The molecule has 2 rings (SSSR count). The molecule has 0 atom stereocenters. The zero-order valence-electron chi connectivity index (χ0n) is 11.9. The minimum absolute atomic E-state index is 0.290. The topological polar surface area (TPSA) is 101 Å². The van der Waals surface area contributed by atoms with Gasteiger partial charge in [0.15, 0.2) is 0 Å². The van der Waals surface area contributed by atoms with E-state index in [1.165, 1.54) is 25.9 Å². The molecule has 20 heavy (non-hydrogen) atoms. The third-order valence-corrected chi connectivity index (χ3v) is 3.09. The fraction of sp³-hybridized carbons (Fsp3) is 0.750. The molecule has 1 aliphatic rings. The second kappa shape index (κ2) is 7.81. The van der Waals surface area contributed by atoms with Crippen molar-refractivity contribution < 1.29 is 4.74 Å². The van der Waals surface area contributed by atoms with Gasteiger partial charge >= 0.3 is 6.01 Å². The van der Waals surface area contributed by atoms with Gasteiger partial charge in [0.1, 0.15) is 0 Å². The van der Waals surface area contributed by atoms with E-state index in [-0.39, 0.29) is 0 Å². The Morgan fingerprint density at radius 3 is 2.65 bits per heavy atom. The Morgan fingerprint density at radius 1 is 1.20 bits per heavy atom. The van der Waals surface area contributed by atoms with Crippen molar-refractivity contribution in [2.75, 3.05) is 43.5 Å². The summed E-state index contributed by atoms with van der Waals surface area (Å²) in [4.78, 5) is 14.8. The highest BCUT2D eigenvalue weighted by molar-refractivity contribution is 5.34. The van der Waals surface area contributed by atoms with Crippen LogP contribution in [-0.2, 0) is 0 Å². The van der Waals surface area contributed by atoms with E-state index in [1.54, 1.807) is 0 Å². The number of likely N-dealkylation sites (tertiary alicyclic amines) is 1. The Kier molecular flexibility index (Phi) is 5.75. The second-order valence-corrected chi connectivity index (χ2v) is 4.73. The van der Waals surface area contributed by atoms with Gasteiger partial charge in [-0.15, -0.1) is 0 Å². The molecule has 0 aromatic carbocycles. The van der Waals surface area contributed by atoms with Crippen molar-refractivity contribution in [2.45, 2.75) is 26.2 Å². The molecule has 0 unspecified atom stereocenters. The summed E-state index contributed by atoms with van der Waals surface area (Å²) in [6, 6.07) is 0.290. The van der Waals surface area contributed by atoms with Gasteiger partial charge in [-0.1, -0.05) is 6.92 Å². The van der Waals surface area contributed by atoms with Gasteiger partial charge in [0.25, 0.3) is 0 Å². The number of nitrogen functional groups attached to an aromatic ring is 1. The van der Waals surface area contributed by atoms with Gasteiger partial charge in [0.2, 0.25) is 11.9 Å². The van der Waals surface area contributed by atoms with Gasteiger partial charge < -0.3 is 15.0 Å². The van der Waals surface area contributed by atoms with Crippen molar-refractivity contribution in [3.8, 4) is 6.01 Å². The van der Waals surface area contributed by atoms with E-state index in [2.05, 4.69) is 30.6 Å². The van der Waals surface area contributed by atoms with Crippen LogP contribution in [0.3, 0.4) is 0 Å². The Labute approximate surface area is 119 Å². The zero-order valence-corrected chi connectivity index (χ0v) is 11.9. The van der Waals surface area contributed by atoms with Crippen molar-refractivity contribution in [3.05, 3.63) is 0 Å². The third kappa shape index (κ3) is 4.46. The molecule has 8 heteroatoms. The first-order valence-electron chi connectivity index (χ1n) is 7.13. The predicted molar refractivity (Wildman–Crippen MR) is 77.6 cm³/mol. The highest BCUT2D eigenvalue weighted by Crippen LogP contribution is 2.11. The van der Waals surface area contributed by atoms with E-state index in [0.717, 1.165) is 19.5 Å². The molecule has 1 aromatic heterocycles. The average molecular weight is 281 g/mol. The fourth-order valence-electron chi connectivity index (χ4n) is 2.09. The van der Waals surface area contributed by atoms with Crippen LogP contribution in [0.15, 0.2) is 0 Å². The standard InChI is InChI=1S/C12H23N7O/c1-2-9-20-12-16-10(15-11(17-12)18-13)14-5-8-19-6-3-4-7-19/h2-9,13H2,1H3,(H2,14,15,16,17,18). The SMILES string of the molecule is CCCOc1nc(NN)nc(NCCN2CCCC2)n1. The number of ether oxygens (including phenoxy) is 1. The summed E-state index contributed by atoms with van der Waals surface area (Å²) >= 11 is 0. The van der Waals surface area contributed by atoms with Crippen LogP contribution in [0.25, 0.3) is 0 Å². The molecule has 1 aromatic rings. The van der Waals surface area contributed by atoms with E-state index >= 15 is 0 Å². The highest BCUT2D eigenvalue weighted by atomic mass is 16.5. The van der Waals surface area contributed by atoms with Crippen LogP contribution in [0.5, 0.6) is 6.01 Å². The Balaban J connectivity index is 1.87. The quantitative estimate of drug-likeness (QED) is 0.466. The van der Waals surface area contributed by atoms with E-state index < -0.39 is 0 Å². The number of nitrogens with one attached hydrogen (secondary N) is 2. The molecule has 8 nitrogen and oxygen atoms in total. The normalized spacial score (nSPS) is 15.3. The summed E-state index contributed by atoms with van der Waals surface area (Å²) in [7, 11) is 0. The molecule has 4 N–H and O–H groups in total. The lowest BCUT2D eigenvalue weighted by Crippen LogP contribution is -2.26. The number of hydrogen-bond acceptors (Lipinski definition) is 8. The summed E-state index contributed by atoms with van der Waals surface area (Å²) in [6.07, 6.45) is 3.48. The van der Waals surface area contributed by atoms with Crippen molar-refractivity contribution in [2.24, 2.45) is 5.84 Å². The third-order valence-electron chi connectivity index (χ3n) is 3.09. The number of hydrazine groups is 1. The molecule has 0 aliphatic carbocycles. The molecule has 112 valence electrons. The number of hydrogen-bond donors (Lipinski definition) is 3. The molecular formula is C12H23N7O. The van der Waals surface area contributed by atoms with Crippen LogP contribution >= 0.6 is 0 Å². The Bertz CT molecular complexity index is 409. The maximum Gasteiger partial charge on any atom is 0.323 e. The summed E-state index contributed by atoms with van der Waals surface area (Å²) in [5.41, 5.74) is 2.42. The maximum atomic E-state index is 5.41. The van der Waals surface area contributed by atoms with E-state index in [0.29, 0.717) is 24.5 Å². The van der Waals surface area contributed by atoms with Crippen LogP contribution < -0.4 is 21.3 Å². The number of nitrogens with zero attached hydrogens (tertiary/aromatic N) is 4. The monoisotopic (exact) mass is 281 g/mol. The average Bonchev–Trinajstić information content (AvgIpc) is 2.98. The first kappa shape index (κ1) is 14.7. The Hall–Kier alpha value is -1.67. The van der Waals surface area contributed by atoms with Gasteiger partial charge in [0.05, 0.1) is 6.61 Å². The van der Waals surface area contributed by atoms with Gasteiger partial charge in [-0.05, 0) is 32.4 Å². The molecule has 0 radical (unpaired) electrons. The smallest absolute Gasteiger partial charge is 0.323 e. The van der Waals surface area contributed by atoms with Crippen LogP contribution in [0.4, 0.5) is 11.9 Å². The molecule has 0 spiro atoms. The summed E-state index contributed by atoms with van der Waals surface area (Å²) in [5.74, 6) is 6.14. The summed E-state index contributed by atoms with van der Waals surface area (Å²) in [5, 5.41) is 3.18. The number of aromatic nitrogens is 3. The van der Waals surface area contributed by atoms with E-state index in [4.69, 9.17) is 10.6 Å².